The second-order valence-electron chi connectivity index (χ2n) is 6.55. The molecular formula is C22H19N3O2S. The summed E-state index contributed by atoms with van der Waals surface area (Å²) in [6.45, 7) is 1.93. The predicted octanol–water partition coefficient (Wildman–Crippen LogP) is 4.10. The Labute approximate surface area is 166 Å². The number of benzene rings is 2. The van der Waals surface area contributed by atoms with Crippen molar-refractivity contribution < 1.29 is 4.79 Å². The minimum absolute atomic E-state index is 0.0592. The molecule has 2 aromatic carbocycles. The number of likely N-dealkylation sites (N-methyl/N-ethyl adjacent to an activating group) is 1. The molecule has 0 saturated heterocycles. The molecule has 0 aliphatic carbocycles. The van der Waals surface area contributed by atoms with Crippen molar-refractivity contribution in [2.24, 2.45) is 0 Å². The third-order valence-corrected chi connectivity index (χ3v) is 5.75. The lowest BCUT2D eigenvalue weighted by Crippen LogP contribution is -2.34. The number of hydrogen-bond acceptors (Lipinski definition) is 4. The molecule has 0 bridgehead atoms. The van der Waals surface area contributed by atoms with Crippen LogP contribution in [0.15, 0.2) is 71.8 Å². The van der Waals surface area contributed by atoms with Gasteiger partial charge in [0.2, 0.25) is 5.91 Å². The van der Waals surface area contributed by atoms with Crippen molar-refractivity contribution in [3.8, 4) is 11.1 Å². The Kier molecular flexibility index (Phi) is 4.79. The first-order chi connectivity index (χ1) is 13.6. The Bertz CT molecular complexity index is 1200. The van der Waals surface area contributed by atoms with Crippen molar-refractivity contribution in [1.82, 2.24) is 9.55 Å². The Morgan fingerprint density at radius 1 is 1.07 bits per heavy atom. The Morgan fingerprint density at radius 2 is 1.71 bits per heavy atom. The van der Waals surface area contributed by atoms with E-state index in [2.05, 4.69) is 4.98 Å². The van der Waals surface area contributed by atoms with E-state index in [1.807, 2.05) is 67.6 Å². The van der Waals surface area contributed by atoms with Crippen LogP contribution in [0.1, 0.15) is 4.88 Å². The first kappa shape index (κ1) is 18.1. The molecular weight excluding hydrogens is 370 g/mol. The molecule has 0 spiro atoms. The molecule has 140 valence electrons. The average Bonchev–Trinajstić information content (AvgIpc) is 3.07. The van der Waals surface area contributed by atoms with E-state index >= 15 is 0 Å². The van der Waals surface area contributed by atoms with Crippen LogP contribution >= 0.6 is 11.3 Å². The number of carbonyl (C=O) groups is 1. The molecule has 4 aromatic rings. The molecule has 0 N–H and O–H groups in total. The molecule has 28 heavy (non-hydrogen) atoms. The fourth-order valence-electron chi connectivity index (χ4n) is 3.25. The van der Waals surface area contributed by atoms with Gasteiger partial charge in [-0.2, -0.15) is 0 Å². The fourth-order valence-corrected chi connectivity index (χ4v) is 4.25. The molecule has 0 radical (unpaired) electrons. The van der Waals surface area contributed by atoms with Gasteiger partial charge in [0, 0.05) is 23.2 Å². The van der Waals surface area contributed by atoms with Crippen LogP contribution in [0.4, 0.5) is 5.69 Å². The highest BCUT2D eigenvalue weighted by Gasteiger charge is 2.19. The maximum absolute atomic E-state index is 13.2. The summed E-state index contributed by atoms with van der Waals surface area (Å²) in [5.41, 5.74) is 2.47. The number of hydrogen-bond donors (Lipinski definition) is 0. The summed E-state index contributed by atoms with van der Waals surface area (Å²) < 4.78 is 1.39. The highest BCUT2D eigenvalue weighted by atomic mass is 32.1. The molecule has 2 aromatic heterocycles. The van der Waals surface area contributed by atoms with Gasteiger partial charge in [0.15, 0.2) is 0 Å². The van der Waals surface area contributed by atoms with Crippen molar-refractivity contribution in [3.05, 3.63) is 82.2 Å². The second kappa shape index (κ2) is 7.40. The first-order valence-electron chi connectivity index (χ1n) is 8.92. The highest BCUT2D eigenvalue weighted by Crippen LogP contribution is 2.35. The molecule has 0 fully saturated rings. The summed E-state index contributed by atoms with van der Waals surface area (Å²) in [5.74, 6) is -0.178. The van der Waals surface area contributed by atoms with Crippen molar-refractivity contribution >= 4 is 33.1 Å². The molecule has 0 unspecified atom stereocenters. The van der Waals surface area contributed by atoms with E-state index < -0.39 is 0 Å². The van der Waals surface area contributed by atoms with Crippen LogP contribution in [0, 0.1) is 6.92 Å². The van der Waals surface area contributed by atoms with Gasteiger partial charge >= 0.3 is 0 Å². The number of aromatic nitrogens is 2. The maximum atomic E-state index is 13.2. The van der Waals surface area contributed by atoms with Gasteiger partial charge in [-0.15, -0.1) is 11.3 Å². The van der Waals surface area contributed by atoms with Crippen LogP contribution < -0.4 is 10.5 Å². The minimum atomic E-state index is -0.192. The lowest BCUT2D eigenvalue weighted by molar-refractivity contribution is -0.118. The zero-order valence-electron chi connectivity index (χ0n) is 15.6. The van der Waals surface area contributed by atoms with E-state index in [0.717, 1.165) is 21.7 Å². The maximum Gasteiger partial charge on any atom is 0.263 e. The number of rotatable bonds is 4. The Balaban J connectivity index is 1.74. The first-order valence-corrected chi connectivity index (χ1v) is 9.73. The van der Waals surface area contributed by atoms with Crippen LogP contribution in [0.2, 0.25) is 0 Å². The van der Waals surface area contributed by atoms with Crippen molar-refractivity contribution in [1.29, 1.82) is 0 Å². The lowest BCUT2D eigenvalue weighted by atomic mass is 10.0. The van der Waals surface area contributed by atoms with Gasteiger partial charge in [-0.05, 0) is 24.6 Å². The van der Waals surface area contributed by atoms with Gasteiger partial charge in [0.05, 0.1) is 11.7 Å². The summed E-state index contributed by atoms with van der Waals surface area (Å²) in [7, 11) is 1.71. The second-order valence-corrected chi connectivity index (χ2v) is 7.75. The summed E-state index contributed by atoms with van der Waals surface area (Å²) in [6.07, 6.45) is 1.46. The number of aryl methyl sites for hydroxylation is 1. The van der Waals surface area contributed by atoms with Crippen LogP contribution in [0.25, 0.3) is 21.3 Å². The Morgan fingerprint density at radius 3 is 2.39 bits per heavy atom. The largest absolute Gasteiger partial charge is 0.314 e. The summed E-state index contributed by atoms with van der Waals surface area (Å²) in [6, 6.07) is 19.2. The molecule has 4 rings (SSSR count). The number of anilines is 1. The van der Waals surface area contributed by atoms with Crippen LogP contribution in [0.5, 0.6) is 0 Å². The van der Waals surface area contributed by atoms with Crippen LogP contribution in [0.3, 0.4) is 0 Å². The summed E-state index contributed by atoms with van der Waals surface area (Å²) >= 11 is 1.50. The van der Waals surface area contributed by atoms with Crippen LogP contribution in [-0.2, 0) is 11.3 Å². The molecule has 0 atom stereocenters. The van der Waals surface area contributed by atoms with Gasteiger partial charge in [0.1, 0.15) is 11.4 Å². The average molecular weight is 389 g/mol. The highest BCUT2D eigenvalue weighted by molar-refractivity contribution is 7.19. The number of thiophene rings is 1. The van der Waals surface area contributed by atoms with Gasteiger partial charge < -0.3 is 4.90 Å². The molecule has 2 heterocycles. The van der Waals surface area contributed by atoms with E-state index in [-0.39, 0.29) is 18.0 Å². The monoisotopic (exact) mass is 389 g/mol. The third kappa shape index (κ3) is 3.23. The molecule has 0 saturated carbocycles. The fraction of sp³-hybridized carbons (Fsp3) is 0.136. The number of fused-ring (bicyclic) bond motifs is 1. The molecule has 0 aliphatic rings. The molecule has 5 nitrogen and oxygen atoms in total. The summed E-state index contributed by atoms with van der Waals surface area (Å²) in [5, 5.41) is 0.575. The predicted molar refractivity (Wildman–Crippen MR) is 114 cm³/mol. The SMILES string of the molecule is Cc1sc2ncn(CC(=O)N(C)c3ccccc3)c(=O)c2c1-c1ccccc1. The van der Waals surface area contributed by atoms with Crippen molar-refractivity contribution in [2.75, 3.05) is 11.9 Å². The Hall–Kier alpha value is -3.25. The normalized spacial score (nSPS) is 10.9. The van der Waals surface area contributed by atoms with Crippen LogP contribution in [-0.4, -0.2) is 22.5 Å². The topological polar surface area (TPSA) is 55.2 Å². The zero-order valence-corrected chi connectivity index (χ0v) is 16.4. The van der Waals surface area contributed by atoms with Gasteiger partial charge in [0.25, 0.3) is 5.56 Å². The van der Waals surface area contributed by atoms with E-state index in [9.17, 15) is 9.59 Å². The van der Waals surface area contributed by atoms with E-state index in [4.69, 9.17) is 0 Å². The van der Waals surface area contributed by atoms with E-state index in [1.165, 1.54) is 22.2 Å². The van der Waals surface area contributed by atoms with Gasteiger partial charge in [-0.3, -0.25) is 14.2 Å². The van der Waals surface area contributed by atoms with E-state index in [1.54, 1.807) is 11.9 Å². The summed E-state index contributed by atoms with van der Waals surface area (Å²) in [4.78, 5) is 33.6. The molecule has 1 amide bonds. The lowest BCUT2D eigenvalue weighted by Gasteiger charge is -2.17. The van der Waals surface area contributed by atoms with Gasteiger partial charge in [-0.1, -0.05) is 48.5 Å². The van der Waals surface area contributed by atoms with Gasteiger partial charge in [-0.25, -0.2) is 4.98 Å². The minimum Gasteiger partial charge on any atom is -0.314 e. The zero-order chi connectivity index (χ0) is 19.7. The number of nitrogens with zero attached hydrogens (tertiary/aromatic N) is 3. The number of amides is 1. The molecule has 0 aliphatic heterocycles. The number of para-hydroxylation sites is 1. The standard InChI is InChI=1S/C22H19N3O2S/c1-15-19(16-9-5-3-6-10-16)20-21(28-15)23-14-25(22(20)27)13-18(26)24(2)17-11-7-4-8-12-17/h3-12,14H,13H2,1-2H3. The smallest absolute Gasteiger partial charge is 0.263 e. The third-order valence-electron chi connectivity index (χ3n) is 4.74. The van der Waals surface area contributed by atoms with Crippen molar-refractivity contribution in [2.45, 2.75) is 13.5 Å². The number of carbonyl (C=O) groups excluding carboxylic acids is 1. The van der Waals surface area contributed by atoms with Crippen molar-refractivity contribution in [3.63, 3.8) is 0 Å². The molecule has 6 heteroatoms. The quantitative estimate of drug-likeness (QED) is 0.528. The van der Waals surface area contributed by atoms with E-state index in [0.29, 0.717) is 10.2 Å².